The minimum Gasteiger partial charge on any atom is -0.494 e. The van der Waals surface area contributed by atoms with Gasteiger partial charge in [0.15, 0.2) is 0 Å². The average Bonchev–Trinajstić information content (AvgIpc) is 2.86. The van der Waals surface area contributed by atoms with Crippen molar-refractivity contribution in [3.05, 3.63) is 29.8 Å². The standard InChI is InChI=1S/C20H27N3O4/c1-14-8-10-20(11-9-14)18(25)23(19(26)21-20)22-17(24)7-4-12-27-16-6-3-5-15(2)13-16/h3,5-6,13-14H,4,7-12H2,1-2H3,(H,21,26)(H,22,24). The Hall–Kier alpha value is -2.57. The van der Waals surface area contributed by atoms with Gasteiger partial charge in [-0.2, -0.15) is 5.01 Å². The zero-order valence-electron chi connectivity index (χ0n) is 15.9. The van der Waals surface area contributed by atoms with Gasteiger partial charge >= 0.3 is 6.03 Å². The van der Waals surface area contributed by atoms with E-state index in [4.69, 9.17) is 4.74 Å². The van der Waals surface area contributed by atoms with Crippen LogP contribution in [0.15, 0.2) is 24.3 Å². The van der Waals surface area contributed by atoms with E-state index in [1.165, 1.54) is 0 Å². The molecule has 7 heteroatoms. The van der Waals surface area contributed by atoms with Crippen LogP contribution in [0.5, 0.6) is 5.75 Å². The molecule has 27 heavy (non-hydrogen) atoms. The van der Waals surface area contributed by atoms with Crippen LogP contribution in [0, 0.1) is 12.8 Å². The predicted molar refractivity (Wildman–Crippen MR) is 99.8 cm³/mol. The minimum atomic E-state index is -0.842. The molecule has 1 saturated heterocycles. The number of amides is 4. The number of hydrogen-bond acceptors (Lipinski definition) is 4. The molecule has 1 heterocycles. The van der Waals surface area contributed by atoms with Crippen molar-refractivity contribution < 1.29 is 19.1 Å². The molecule has 2 fully saturated rings. The van der Waals surface area contributed by atoms with Crippen LogP contribution < -0.4 is 15.5 Å². The van der Waals surface area contributed by atoms with Gasteiger partial charge in [-0.3, -0.25) is 15.0 Å². The van der Waals surface area contributed by atoms with Gasteiger partial charge < -0.3 is 10.1 Å². The highest BCUT2D eigenvalue weighted by Crippen LogP contribution is 2.35. The summed E-state index contributed by atoms with van der Waals surface area (Å²) in [6.45, 7) is 4.52. The van der Waals surface area contributed by atoms with Crippen LogP contribution in [0.25, 0.3) is 0 Å². The molecule has 146 valence electrons. The number of hydrogen-bond donors (Lipinski definition) is 2. The molecule has 4 amide bonds. The Morgan fingerprint density at radius 3 is 2.78 bits per heavy atom. The first-order valence-corrected chi connectivity index (χ1v) is 9.55. The highest BCUT2D eigenvalue weighted by molar-refractivity contribution is 6.08. The fourth-order valence-corrected chi connectivity index (χ4v) is 3.62. The van der Waals surface area contributed by atoms with E-state index in [0.717, 1.165) is 29.2 Å². The van der Waals surface area contributed by atoms with Crippen molar-refractivity contribution in [2.24, 2.45) is 5.92 Å². The van der Waals surface area contributed by atoms with Crippen molar-refractivity contribution in [2.45, 2.75) is 57.9 Å². The van der Waals surface area contributed by atoms with Crippen molar-refractivity contribution in [3.63, 3.8) is 0 Å². The van der Waals surface area contributed by atoms with Crippen LogP contribution in [-0.2, 0) is 9.59 Å². The third-order valence-corrected chi connectivity index (χ3v) is 5.33. The second-order valence-electron chi connectivity index (χ2n) is 7.64. The number of nitrogens with zero attached hydrogens (tertiary/aromatic N) is 1. The molecule has 1 saturated carbocycles. The Morgan fingerprint density at radius 2 is 2.07 bits per heavy atom. The monoisotopic (exact) mass is 373 g/mol. The maximum atomic E-state index is 12.7. The molecule has 1 aliphatic heterocycles. The number of imide groups is 1. The number of benzene rings is 1. The number of carbonyl (C=O) groups is 3. The van der Waals surface area contributed by atoms with Crippen molar-refractivity contribution in [2.75, 3.05) is 6.61 Å². The van der Waals surface area contributed by atoms with E-state index in [9.17, 15) is 14.4 Å². The van der Waals surface area contributed by atoms with Crippen LogP contribution in [0.1, 0.15) is 51.0 Å². The molecule has 0 unspecified atom stereocenters. The third kappa shape index (κ3) is 4.40. The summed E-state index contributed by atoms with van der Waals surface area (Å²) in [6.07, 6.45) is 3.69. The smallest absolute Gasteiger partial charge is 0.344 e. The van der Waals surface area contributed by atoms with Gasteiger partial charge in [0.1, 0.15) is 11.3 Å². The summed E-state index contributed by atoms with van der Waals surface area (Å²) in [4.78, 5) is 37.0. The largest absolute Gasteiger partial charge is 0.494 e. The van der Waals surface area contributed by atoms with Gasteiger partial charge in [-0.25, -0.2) is 4.79 Å². The second kappa shape index (κ2) is 7.98. The number of carbonyl (C=O) groups excluding carboxylic acids is 3. The second-order valence-corrected chi connectivity index (χ2v) is 7.64. The Labute approximate surface area is 159 Å². The Balaban J connectivity index is 1.45. The highest BCUT2D eigenvalue weighted by Gasteiger charge is 2.52. The molecule has 0 bridgehead atoms. The quantitative estimate of drug-likeness (QED) is 0.593. The van der Waals surface area contributed by atoms with Gasteiger partial charge in [-0.1, -0.05) is 19.1 Å². The third-order valence-electron chi connectivity index (χ3n) is 5.33. The molecule has 0 aromatic heterocycles. The van der Waals surface area contributed by atoms with Gasteiger partial charge in [-0.05, 0) is 62.6 Å². The van der Waals surface area contributed by atoms with Gasteiger partial charge in [0, 0.05) is 6.42 Å². The van der Waals surface area contributed by atoms with E-state index in [2.05, 4.69) is 17.7 Å². The number of ether oxygens (including phenoxy) is 1. The molecule has 2 N–H and O–H groups in total. The summed E-state index contributed by atoms with van der Waals surface area (Å²) in [5.41, 5.74) is 2.71. The summed E-state index contributed by atoms with van der Waals surface area (Å²) in [5.74, 6) is 0.603. The van der Waals surface area contributed by atoms with E-state index < -0.39 is 11.6 Å². The van der Waals surface area contributed by atoms with Gasteiger partial charge in [0.25, 0.3) is 5.91 Å². The van der Waals surface area contributed by atoms with Gasteiger partial charge in [0.2, 0.25) is 5.91 Å². The molecule has 1 aromatic rings. The zero-order valence-corrected chi connectivity index (χ0v) is 15.9. The first-order chi connectivity index (χ1) is 12.9. The van der Waals surface area contributed by atoms with E-state index in [1.54, 1.807) is 0 Å². The molecule has 1 aromatic carbocycles. The van der Waals surface area contributed by atoms with Crippen LogP contribution >= 0.6 is 0 Å². The molecular formula is C20H27N3O4. The molecular weight excluding hydrogens is 346 g/mol. The maximum absolute atomic E-state index is 12.7. The topological polar surface area (TPSA) is 87.7 Å². The summed E-state index contributed by atoms with van der Waals surface area (Å²) >= 11 is 0. The predicted octanol–water partition coefficient (Wildman–Crippen LogP) is 2.69. The highest BCUT2D eigenvalue weighted by atomic mass is 16.5. The maximum Gasteiger partial charge on any atom is 0.344 e. The van der Waals surface area contributed by atoms with Crippen molar-refractivity contribution in [1.29, 1.82) is 0 Å². The molecule has 3 rings (SSSR count). The van der Waals surface area contributed by atoms with E-state index >= 15 is 0 Å². The summed E-state index contributed by atoms with van der Waals surface area (Å²) < 4.78 is 5.61. The molecule has 1 spiro atoms. The van der Waals surface area contributed by atoms with Crippen LogP contribution in [0.3, 0.4) is 0 Å². The summed E-state index contributed by atoms with van der Waals surface area (Å²) in [5, 5.41) is 3.63. The zero-order chi connectivity index (χ0) is 19.4. The normalized spacial score (nSPS) is 24.8. The van der Waals surface area contributed by atoms with Crippen molar-refractivity contribution in [1.82, 2.24) is 15.8 Å². The minimum absolute atomic E-state index is 0.174. The lowest BCUT2D eigenvalue weighted by Crippen LogP contribution is -2.51. The number of nitrogens with one attached hydrogen (secondary N) is 2. The van der Waals surface area contributed by atoms with E-state index in [-0.39, 0.29) is 18.2 Å². The van der Waals surface area contributed by atoms with Crippen LogP contribution in [-0.4, -0.2) is 35.0 Å². The molecule has 1 aliphatic carbocycles. The molecule has 2 aliphatic rings. The van der Waals surface area contributed by atoms with Gasteiger partial charge in [0.05, 0.1) is 6.61 Å². The first-order valence-electron chi connectivity index (χ1n) is 9.55. The number of urea groups is 1. The van der Waals surface area contributed by atoms with E-state index in [0.29, 0.717) is 31.8 Å². The molecule has 7 nitrogen and oxygen atoms in total. The Morgan fingerprint density at radius 1 is 1.33 bits per heavy atom. The number of aryl methyl sites for hydroxylation is 1. The van der Waals surface area contributed by atoms with Crippen LogP contribution in [0.4, 0.5) is 4.79 Å². The summed E-state index contributed by atoms with van der Waals surface area (Å²) in [7, 11) is 0. The average molecular weight is 373 g/mol. The van der Waals surface area contributed by atoms with E-state index in [1.807, 2.05) is 31.2 Å². The number of rotatable bonds is 6. The Bertz CT molecular complexity index is 726. The van der Waals surface area contributed by atoms with Gasteiger partial charge in [-0.15, -0.1) is 0 Å². The lowest BCUT2D eigenvalue weighted by Gasteiger charge is -2.33. The SMILES string of the molecule is Cc1cccc(OCCCC(=O)NN2C(=O)NC3(CCC(C)CC3)C2=O)c1. The lowest BCUT2D eigenvalue weighted by molar-refractivity contribution is -0.140. The van der Waals surface area contributed by atoms with Crippen LogP contribution in [0.2, 0.25) is 0 Å². The first kappa shape index (κ1) is 19.2. The molecule has 0 atom stereocenters. The fourth-order valence-electron chi connectivity index (χ4n) is 3.62. The molecule has 0 radical (unpaired) electrons. The fraction of sp³-hybridized carbons (Fsp3) is 0.550. The van der Waals surface area contributed by atoms with Crippen molar-refractivity contribution in [3.8, 4) is 5.75 Å². The summed E-state index contributed by atoms with van der Waals surface area (Å²) in [6, 6.07) is 7.15. The number of hydrazine groups is 1. The lowest BCUT2D eigenvalue weighted by atomic mass is 9.77. The van der Waals surface area contributed by atoms with Crippen molar-refractivity contribution >= 4 is 17.8 Å². The Kier molecular flexibility index (Phi) is 5.68.